The summed E-state index contributed by atoms with van der Waals surface area (Å²) in [6, 6.07) is 5.49. The highest BCUT2D eigenvalue weighted by Gasteiger charge is 2.35. The second kappa shape index (κ2) is 6.02. The number of hydrogen-bond acceptors (Lipinski definition) is 2. The molecule has 1 aliphatic carbocycles. The molecule has 0 saturated heterocycles. The van der Waals surface area contributed by atoms with Crippen LogP contribution in [0, 0.1) is 12.7 Å². The van der Waals surface area contributed by atoms with Gasteiger partial charge in [0.05, 0.1) is 0 Å². The van der Waals surface area contributed by atoms with Gasteiger partial charge in [0.15, 0.2) is 0 Å². The Morgan fingerprint density at radius 1 is 1.26 bits per heavy atom. The third kappa shape index (κ3) is 3.34. The van der Waals surface area contributed by atoms with E-state index in [-0.39, 0.29) is 5.82 Å². The molecule has 0 aliphatic heterocycles. The molecule has 1 saturated carbocycles. The first kappa shape index (κ1) is 14.5. The summed E-state index contributed by atoms with van der Waals surface area (Å²) in [4.78, 5) is 2.35. The van der Waals surface area contributed by atoms with E-state index in [1.807, 2.05) is 12.1 Å². The Hall–Kier alpha value is -0.930. The smallest absolute Gasteiger partial charge is 0.126 e. The molecular formula is C16H25FN2. The number of hydrogen-bond donors (Lipinski definition) is 1. The number of aryl methyl sites for hydroxylation is 1. The molecule has 0 unspecified atom stereocenters. The van der Waals surface area contributed by atoms with Gasteiger partial charge in [0.1, 0.15) is 5.82 Å². The van der Waals surface area contributed by atoms with E-state index in [2.05, 4.69) is 24.3 Å². The zero-order valence-corrected chi connectivity index (χ0v) is 12.3. The van der Waals surface area contributed by atoms with E-state index in [1.165, 1.54) is 25.7 Å². The maximum absolute atomic E-state index is 13.5. The van der Waals surface area contributed by atoms with E-state index in [0.717, 1.165) is 18.7 Å². The van der Waals surface area contributed by atoms with E-state index >= 15 is 0 Å². The van der Waals surface area contributed by atoms with Crippen molar-refractivity contribution in [2.45, 2.75) is 44.7 Å². The predicted molar refractivity (Wildman–Crippen MR) is 77.7 cm³/mol. The van der Waals surface area contributed by atoms with Crippen LogP contribution in [0.5, 0.6) is 0 Å². The first-order chi connectivity index (χ1) is 9.03. The summed E-state index contributed by atoms with van der Waals surface area (Å²) >= 11 is 0. The minimum atomic E-state index is -0.109. The summed E-state index contributed by atoms with van der Waals surface area (Å²) in [7, 11) is 4.33. The largest absolute Gasteiger partial charge is 0.311 e. The lowest BCUT2D eigenvalue weighted by molar-refractivity contribution is 0.153. The van der Waals surface area contributed by atoms with Gasteiger partial charge >= 0.3 is 0 Å². The minimum absolute atomic E-state index is 0.109. The highest BCUT2D eigenvalue weighted by Crippen LogP contribution is 2.33. The molecule has 2 nitrogen and oxygen atoms in total. The quantitative estimate of drug-likeness (QED) is 0.879. The Balaban J connectivity index is 1.90. The van der Waals surface area contributed by atoms with Crippen molar-refractivity contribution >= 4 is 0 Å². The first-order valence-electron chi connectivity index (χ1n) is 7.17. The van der Waals surface area contributed by atoms with Gasteiger partial charge in [0.2, 0.25) is 0 Å². The van der Waals surface area contributed by atoms with Crippen molar-refractivity contribution in [1.29, 1.82) is 0 Å². The summed E-state index contributed by atoms with van der Waals surface area (Å²) < 4.78 is 13.5. The fourth-order valence-corrected chi connectivity index (χ4v) is 3.00. The lowest BCUT2D eigenvalue weighted by Crippen LogP contribution is -2.49. The number of likely N-dealkylation sites (N-methyl/N-ethyl adjacent to an activating group) is 1. The van der Waals surface area contributed by atoms with E-state index in [1.54, 1.807) is 13.0 Å². The molecule has 1 fully saturated rings. The van der Waals surface area contributed by atoms with Gasteiger partial charge in [-0.2, -0.15) is 0 Å². The molecule has 0 heterocycles. The summed E-state index contributed by atoms with van der Waals surface area (Å²) in [5.74, 6) is -0.109. The Kier molecular flexibility index (Phi) is 4.58. The van der Waals surface area contributed by atoms with Crippen LogP contribution in [0.25, 0.3) is 0 Å². The second-order valence-electron chi connectivity index (χ2n) is 6.01. The molecule has 0 aromatic heterocycles. The second-order valence-corrected chi connectivity index (χ2v) is 6.01. The van der Waals surface area contributed by atoms with Crippen LogP contribution in [-0.2, 0) is 6.54 Å². The predicted octanol–water partition coefficient (Wildman–Crippen LogP) is 3.10. The van der Waals surface area contributed by atoms with Gasteiger partial charge in [-0.05, 0) is 51.1 Å². The lowest BCUT2D eigenvalue weighted by atomic mass is 9.96. The highest BCUT2D eigenvalue weighted by molar-refractivity contribution is 5.23. The number of nitrogens with one attached hydrogen (secondary N) is 1. The topological polar surface area (TPSA) is 15.3 Å². The van der Waals surface area contributed by atoms with E-state index < -0.39 is 0 Å². The number of benzene rings is 1. The fraction of sp³-hybridized carbons (Fsp3) is 0.625. The first-order valence-corrected chi connectivity index (χ1v) is 7.17. The van der Waals surface area contributed by atoms with E-state index in [9.17, 15) is 4.39 Å². The summed E-state index contributed by atoms with van der Waals surface area (Å²) in [6.45, 7) is 3.52. The molecule has 1 N–H and O–H groups in total. The molecule has 0 spiro atoms. The SMILES string of the molecule is Cc1ccc(CNCC2(N(C)C)CCCC2)cc1F. The molecule has 1 aromatic rings. The van der Waals surface area contributed by atoms with Gasteiger partial charge in [-0.25, -0.2) is 4.39 Å². The molecular weight excluding hydrogens is 239 g/mol. The third-order valence-electron chi connectivity index (χ3n) is 4.50. The van der Waals surface area contributed by atoms with Crippen LogP contribution < -0.4 is 5.32 Å². The van der Waals surface area contributed by atoms with E-state index in [4.69, 9.17) is 0 Å². The lowest BCUT2D eigenvalue weighted by Gasteiger charge is -2.36. The maximum atomic E-state index is 13.5. The Morgan fingerprint density at radius 2 is 1.95 bits per heavy atom. The van der Waals surface area contributed by atoms with Gasteiger partial charge in [-0.1, -0.05) is 25.0 Å². The van der Waals surface area contributed by atoms with Gasteiger partial charge in [-0.15, -0.1) is 0 Å². The summed E-state index contributed by atoms with van der Waals surface area (Å²) in [5.41, 5.74) is 2.03. The van der Waals surface area contributed by atoms with Crippen molar-refractivity contribution in [2.24, 2.45) is 0 Å². The van der Waals surface area contributed by atoms with Gasteiger partial charge in [0, 0.05) is 18.6 Å². The third-order valence-corrected chi connectivity index (χ3v) is 4.50. The Bertz CT molecular complexity index is 423. The average molecular weight is 264 g/mol. The molecule has 106 valence electrons. The number of rotatable bonds is 5. The van der Waals surface area contributed by atoms with Crippen LogP contribution >= 0.6 is 0 Å². The number of nitrogens with zero attached hydrogens (tertiary/aromatic N) is 1. The van der Waals surface area contributed by atoms with Crippen molar-refractivity contribution in [2.75, 3.05) is 20.6 Å². The van der Waals surface area contributed by atoms with Gasteiger partial charge < -0.3 is 10.2 Å². The molecule has 0 atom stereocenters. The molecule has 2 rings (SSSR count). The van der Waals surface area contributed by atoms with Crippen molar-refractivity contribution in [3.63, 3.8) is 0 Å². The normalized spacial score (nSPS) is 18.2. The summed E-state index contributed by atoms with van der Waals surface area (Å²) in [6.07, 6.45) is 5.16. The van der Waals surface area contributed by atoms with Crippen LogP contribution in [0.15, 0.2) is 18.2 Å². The van der Waals surface area contributed by atoms with Gasteiger partial charge in [0.25, 0.3) is 0 Å². The Morgan fingerprint density at radius 3 is 2.53 bits per heavy atom. The zero-order chi connectivity index (χ0) is 13.9. The zero-order valence-electron chi connectivity index (χ0n) is 12.3. The van der Waals surface area contributed by atoms with Crippen LogP contribution in [0.1, 0.15) is 36.8 Å². The van der Waals surface area contributed by atoms with Crippen molar-refractivity contribution < 1.29 is 4.39 Å². The maximum Gasteiger partial charge on any atom is 0.126 e. The summed E-state index contributed by atoms with van der Waals surface area (Å²) in [5, 5.41) is 3.50. The van der Waals surface area contributed by atoms with Crippen LogP contribution in [0.2, 0.25) is 0 Å². The van der Waals surface area contributed by atoms with Crippen molar-refractivity contribution in [1.82, 2.24) is 10.2 Å². The van der Waals surface area contributed by atoms with Crippen molar-refractivity contribution in [3.05, 3.63) is 35.1 Å². The molecule has 19 heavy (non-hydrogen) atoms. The molecule has 3 heteroatoms. The molecule has 0 amide bonds. The number of halogens is 1. The van der Waals surface area contributed by atoms with Crippen LogP contribution in [-0.4, -0.2) is 31.1 Å². The average Bonchev–Trinajstić information content (AvgIpc) is 2.84. The van der Waals surface area contributed by atoms with Crippen LogP contribution in [0.4, 0.5) is 4.39 Å². The minimum Gasteiger partial charge on any atom is -0.311 e. The van der Waals surface area contributed by atoms with E-state index in [0.29, 0.717) is 11.1 Å². The molecule has 0 radical (unpaired) electrons. The molecule has 1 aliphatic rings. The molecule has 1 aromatic carbocycles. The standard InChI is InChI=1S/C16H25FN2/c1-13-6-7-14(10-15(13)17)11-18-12-16(19(2)3)8-4-5-9-16/h6-7,10,18H,4-5,8-9,11-12H2,1-3H3. The highest BCUT2D eigenvalue weighted by atomic mass is 19.1. The van der Waals surface area contributed by atoms with Crippen LogP contribution in [0.3, 0.4) is 0 Å². The Labute approximate surface area is 116 Å². The van der Waals surface area contributed by atoms with Gasteiger partial charge in [-0.3, -0.25) is 0 Å². The van der Waals surface area contributed by atoms with Crippen molar-refractivity contribution in [3.8, 4) is 0 Å². The monoisotopic (exact) mass is 264 g/mol. The molecule has 0 bridgehead atoms. The fourth-order valence-electron chi connectivity index (χ4n) is 3.00.